The Labute approximate surface area is 241 Å². The number of benzene rings is 4. The van der Waals surface area contributed by atoms with Gasteiger partial charge in [0.05, 0.1) is 39.0 Å². The zero-order chi connectivity index (χ0) is 28.9. The van der Waals surface area contributed by atoms with Crippen LogP contribution in [0.15, 0.2) is 78.9 Å². The summed E-state index contributed by atoms with van der Waals surface area (Å²) in [5, 5.41) is 2.14. The molecule has 0 saturated carbocycles. The van der Waals surface area contributed by atoms with Crippen molar-refractivity contribution in [2.45, 2.75) is 32.4 Å². The van der Waals surface area contributed by atoms with Gasteiger partial charge in [0, 0.05) is 30.4 Å². The molecule has 7 heteroatoms. The van der Waals surface area contributed by atoms with Gasteiger partial charge in [0.1, 0.15) is 11.5 Å². The minimum absolute atomic E-state index is 0.0127. The van der Waals surface area contributed by atoms with Crippen molar-refractivity contribution in [2.75, 3.05) is 39.3 Å². The Morgan fingerprint density at radius 2 is 1.41 bits per heavy atom. The lowest BCUT2D eigenvalue weighted by Crippen LogP contribution is -2.47. The molecule has 7 nitrogen and oxygen atoms in total. The van der Waals surface area contributed by atoms with Crippen LogP contribution in [-0.4, -0.2) is 57.2 Å². The Balaban J connectivity index is 1.43. The second kappa shape index (κ2) is 12.3. The smallest absolute Gasteiger partial charge is 0.337 e. The highest BCUT2D eigenvalue weighted by Crippen LogP contribution is 2.34. The molecule has 1 saturated heterocycles. The molecule has 1 aliphatic rings. The van der Waals surface area contributed by atoms with Gasteiger partial charge in [-0.1, -0.05) is 30.3 Å². The van der Waals surface area contributed by atoms with Crippen LogP contribution in [0.5, 0.6) is 11.5 Å². The second-order valence-corrected chi connectivity index (χ2v) is 10.4. The molecule has 4 aromatic carbocycles. The van der Waals surface area contributed by atoms with E-state index >= 15 is 0 Å². The number of fused-ring (bicyclic) bond motifs is 1. The molecule has 0 spiro atoms. The van der Waals surface area contributed by atoms with Gasteiger partial charge < -0.3 is 24.0 Å². The van der Waals surface area contributed by atoms with Gasteiger partial charge in [-0.05, 0) is 84.6 Å². The highest BCUT2D eigenvalue weighted by molar-refractivity contribution is 5.99. The van der Waals surface area contributed by atoms with Crippen molar-refractivity contribution in [3.63, 3.8) is 0 Å². The number of hydrogen-bond donors (Lipinski definition) is 0. The van der Waals surface area contributed by atoms with Crippen molar-refractivity contribution >= 4 is 28.3 Å². The summed E-state index contributed by atoms with van der Waals surface area (Å²) in [7, 11) is 4.68. The van der Waals surface area contributed by atoms with Gasteiger partial charge >= 0.3 is 5.97 Å². The quantitative estimate of drug-likeness (QED) is 0.240. The zero-order valence-corrected chi connectivity index (χ0v) is 24.1. The number of piperidine rings is 1. The molecule has 0 atom stereocenters. The number of nitrogens with zero attached hydrogens (tertiary/aromatic N) is 2. The van der Waals surface area contributed by atoms with E-state index in [0.717, 1.165) is 53.5 Å². The molecule has 5 rings (SSSR count). The lowest BCUT2D eigenvalue weighted by Gasteiger charge is -2.40. The van der Waals surface area contributed by atoms with Crippen molar-refractivity contribution in [3.8, 4) is 11.5 Å². The van der Waals surface area contributed by atoms with E-state index in [9.17, 15) is 9.59 Å². The van der Waals surface area contributed by atoms with Gasteiger partial charge in [0.15, 0.2) is 0 Å². The molecular weight excluding hydrogens is 516 g/mol. The number of ether oxygens (including phenoxy) is 3. The molecule has 41 heavy (non-hydrogen) atoms. The minimum Gasteiger partial charge on any atom is -0.496 e. The zero-order valence-electron chi connectivity index (χ0n) is 24.1. The Bertz CT molecular complexity index is 1520. The second-order valence-electron chi connectivity index (χ2n) is 10.4. The van der Waals surface area contributed by atoms with Crippen LogP contribution in [0, 0.1) is 6.92 Å². The van der Waals surface area contributed by atoms with Crippen molar-refractivity contribution in [1.82, 2.24) is 4.90 Å². The predicted octanol–water partition coefficient (Wildman–Crippen LogP) is 6.26. The van der Waals surface area contributed by atoms with Crippen LogP contribution in [0.1, 0.15) is 44.7 Å². The third-order valence-corrected chi connectivity index (χ3v) is 7.90. The number of aryl methyl sites for hydroxylation is 1. The number of carbonyl (C=O) groups excluding carboxylic acids is 2. The predicted molar refractivity (Wildman–Crippen MR) is 161 cm³/mol. The van der Waals surface area contributed by atoms with Crippen molar-refractivity contribution in [2.24, 2.45) is 0 Å². The van der Waals surface area contributed by atoms with Crippen LogP contribution in [0.2, 0.25) is 0 Å². The first-order valence-electron chi connectivity index (χ1n) is 13.9. The molecule has 1 aliphatic heterocycles. The standard InChI is InChI=1S/C34H36N2O5/c1-23-19-31(39-2)30(32(20-23)40-3)22-36(33(37)27-10-9-24-7-5-6-8-26(24)21-27)29-15-17-35(18-16-29)28-13-11-25(12-14-28)34(38)41-4/h5-14,19-21,29H,15-18,22H2,1-4H3. The molecule has 0 aromatic heterocycles. The SMILES string of the molecule is COC(=O)c1ccc(N2CCC(N(Cc3c(OC)cc(C)cc3OC)C(=O)c3ccc4ccccc4c3)CC2)cc1. The summed E-state index contributed by atoms with van der Waals surface area (Å²) < 4.78 is 16.3. The molecule has 0 bridgehead atoms. The van der Waals surface area contributed by atoms with Crippen LogP contribution in [0.25, 0.3) is 10.8 Å². The van der Waals surface area contributed by atoms with Gasteiger partial charge in [-0.25, -0.2) is 4.79 Å². The minimum atomic E-state index is -0.347. The monoisotopic (exact) mass is 552 g/mol. The van der Waals surface area contributed by atoms with Crippen LogP contribution in [0.4, 0.5) is 5.69 Å². The van der Waals surface area contributed by atoms with Gasteiger partial charge in [0.25, 0.3) is 5.91 Å². The fraction of sp³-hybridized carbons (Fsp3) is 0.294. The number of hydrogen-bond acceptors (Lipinski definition) is 6. The lowest BCUT2D eigenvalue weighted by molar-refractivity contribution is 0.0599. The molecular formula is C34H36N2O5. The normalized spacial score (nSPS) is 13.6. The highest BCUT2D eigenvalue weighted by atomic mass is 16.5. The number of methoxy groups -OCH3 is 3. The molecule has 212 valence electrons. The van der Waals surface area contributed by atoms with Crippen molar-refractivity contribution in [3.05, 3.63) is 101 Å². The summed E-state index contributed by atoms with van der Waals surface area (Å²) >= 11 is 0. The summed E-state index contributed by atoms with van der Waals surface area (Å²) in [5.41, 5.74) is 4.12. The molecule has 0 N–H and O–H groups in total. The van der Waals surface area contributed by atoms with Crippen molar-refractivity contribution < 1.29 is 23.8 Å². The average molecular weight is 553 g/mol. The fourth-order valence-electron chi connectivity index (χ4n) is 5.66. The van der Waals surface area contributed by atoms with Crippen LogP contribution < -0.4 is 14.4 Å². The molecule has 0 unspecified atom stereocenters. The summed E-state index contributed by atoms with van der Waals surface area (Å²) in [6.45, 7) is 3.94. The van der Waals surface area contributed by atoms with E-state index in [1.165, 1.54) is 7.11 Å². The summed E-state index contributed by atoms with van der Waals surface area (Å²) in [5.74, 6) is 1.06. The Morgan fingerprint density at radius 1 is 0.805 bits per heavy atom. The first-order chi connectivity index (χ1) is 19.9. The molecule has 1 heterocycles. The van der Waals surface area contributed by atoms with Crippen LogP contribution in [-0.2, 0) is 11.3 Å². The van der Waals surface area contributed by atoms with E-state index in [2.05, 4.69) is 11.0 Å². The first-order valence-corrected chi connectivity index (χ1v) is 13.9. The van der Waals surface area contributed by atoms with Crippen LogP contribution >= 0.6 is 0 Å². The Hall–Kier alpha value is -4.52. The van der Waals surface area contributed by atoms with Gasteiger partial charge in [0.2, 0.25) is 0 Å². The Kier molecular flexibility index (Phi) is 8.43. The average Bonchev–Trinajstić information content (AvgIpc) is 3.03. The maximum absolute atomic E-state index is 14.2. The Morgan fingerprint density at radius 3 is 2.02 bits per heavy atom. The molecule has 4 aromatic rings. The third-order valence-electron chi connectivity index (χ3n) is 7.90. The van der Waals surface area contributed by atoms with E-state index in [1.807, 2.05) is 72.5 Å². The maximum Gasteiger partial charge on any atom is 0.337 e. The van der Waals surface area contributed by atoms with Crippen molar-refractivity contribution in [1.29, 1.82) is 0 Å². The maximum atomic E-state index is 14.2. The number of anilines is 1. The first kappa shape index (κ1) is 28.0. The van der Waals surface area contributed by atoms with E-state index in [0.29, 0.717) is 29.2 Å². The van der Waals surface area contributed by atoms with E-state index in [1.54, 1.807) is 26.4 Å². The summed E-state index contributed by atoms with van der Waals surface area (Å²) in [6.07, 6.45) is 1.60. The fourth-order valence-corrected chi connectivity index (χ4v) is 5.66. The van der Waals surface area contributed by atoms with Gasteiger partial charge in [-0.15, -0.1) is 0 Å². The third kappa shape index (κ3) is 5.99. The van der Waals surface area contributed by atoms with Crippen LogP contribution in [0.3, 0.4) is 0 Å². The number of carbonyl (C=O) groups is 2. The lowest BCUT2D eigenvalue weighted by atomic mass is 9.98. The topological polar surface area (TPSA) is 68.3 Å². The largest absolute Gasteiger partial charge is 0.496 e. The van der Waals surface area contributed by atoms with E-state index in [-0.39, 0.29) is 17.9 Å². The van der Waals surface area contributed by atoms with E-state index < -0.39 is 0 Å². The summed E-state index contributed by atoms with van der Waals surface area (Å²) in [6, 6.07) is 25.5. The molecule has 0 aliphatic carbocycles. The van der Waals surface area contributed by atoms with Gasteiger partial charge in [-0.3, -0.25) is 4.79 Å². The molecule has 1 fully saturated rings. The molecule has 0 radical (unpaired) electrons. The molecule has 1 amide bonds. The van der Waals surface area contributed by atoms with E-state index in [4.69, 9.17) is 14.2 Å². The number of rotatable bonds is 8. The number of esters is 1. The number of amides is 1. The van der Waals surface area contributed by atoms with Gasteiger partial charge in [-0.2, -0.15) is 0 Å². The summed E-state index contributed by atoms with van der Waals surface area (Å²) in [4.78, 5) is 30.3. The highest BCUT2D eigenvalue weighted by Gasteiger charge is 2.31.